The van der Waals surface area contributed by atoms with Crippen LogP contribution in [0.5, 0.6) is 5.75 Å². The molecule has 1 aliphatic carbocycles. The molecule has 0 unspecified atom stereocenters. The predicted octanol–water partition coefficient (Wildman–Crippen LogP) is 5.75. The van der Waals surface area contributed by atoms with Gasteiger partial charge in [0.15, 0.2) is 22.4 Å². The Kier molecular flexibility index (Phi) is 6.07. The van der Waals surface area contributed by atoms with E-state index in [1.165, 1.54) is 23.1 Å². The third-order valence-corrected chi connectivity index (χ3v) is 6.93. The highest BCUT2D eigenvalue weighted by atomic mass is 32.1. The Bertz CT molecular complexity index is 1430. The van der Waals surface area contributed by atoms with Gasteiger partial charge in [-0.05, 0) is 55.2 Å². The molecule has 0 atom stereocenters. The van der Waals surface area contributed by atoms with Crippen molar-refractivity contribution in [1.82, 2.24) is 4.98 Å². The molecule has 1 amide bonds. The number of thiocarbonyl (C=S) groups is 1. The molecule has 2 heterocycles. The number of anilines is 2. The second-order valence-electron chi connectivity index (χ2n) is 8.70. The second-order valence-corrected chi connectivity index (χ2v) is 9.06. The minimum atomic E-state index is -4.96. The van der Waals surface area contributed by atoms with Crippen LogP contribution in [-0.4, -0.2) is 21.5 Å². The fourth-order valence-corrected chi connectivity index (χ4v) is 5.14. The van der Waals surface area contributed by atoms with Crippen LogP contribution in [0.1, 0.15) is 36.1 Å². The maximum atomic E-state index is 15.1. The summed E-state index contributed by atoms with van der Waals surface area (Å²) in [6.45, 7) is 0.138. The average molecular weight is 527 g/mol. The van der Waals surface area contributed by atoms with E-state index < -0.39 is 40.4 Å². The van der Waals surface area contributed by atoms with Crippen molar-refractivity contribution in [2.75, 3.05) is 9.80 Å². The Morgan fingerprint density at radius 1 is 1.14 bits per heavy atom. The van der Waals surface area contributed by atoms with E-state index in [4.69, 9.17) is 17.0 Å². The van der Waals surface area contributed by atoms with Crippen molar-refractivity contribution in [3.05, 3.63) is 83.4 Å². The number of hydrogen-bond donors (Lipinski definition) is 0. The van der Waals surface area contributed by atoms with Gasteiger partial charge in [-0.15, -0.1) is 0 Å². The molecule has 1 saturated carbocycles. The lowest BCUT2D eigenvalue weighted by molar-refractivity contribution is -0.137. The number of nitriles is 1. The number of ether oxygens (including phenoxy) is 1. The highest BCUT2D eigenvalue weighted by Gasteiger charge is 2.60. The molecule has 11 heteroatoms. The molecular weight excluding hydrogens is 508 g/mol. The molecular formula is C26H18F4N4O2S. The summed E-state index contributed by atoms with van der Waals surface area (Å²) in [4.78, 5) is 19.3. The van der Waals surface area contributed by atoms with Crippen LogP contribution in [0.4, 0.5) is 28.9 Å². The minimum Gasteiger partial charge on any atom is -0.486 e. The van der Waals surface area contributed by atoms with Crippen molar-refractivity contribution in [3.63, 3.8) is 0 Å². The lowest BCUT2D eigenvalue weighted by atomic mass is 9.75. The fraction of sp³-hybridized carbons (Fsp3) is 0.231. The van der Waals surface area contributed by atoms with E-state index in [-0.39, 0.29) is 23.2 Å². The summed E-state index contributed by atoms with van der Waals surface area (Å²) in [5.74, 6) is -1.38. The number of carbonyl (C=O) groups excluding carboxylic acids is 1. The number of alkyl halides is 3. The zero-order chi connectivity index (χ0) is 26.4. The standard InChI is InChI=1S/C26H18F4N4O2S/c27-18-13-17(7-8-21(18)36-15-16-5-2-1-3-6-16)34-24(37)33(23(35)25(34)10-4-11-25)20-9-12-32-19(14-31)22(20)26(28,29)30/h1-3,5-9,12-13H,4,10-11,15H2. The van der Waals surface area contributed by atoms with Gasteiger partial charge in [-0.2, -0.15) is 18.4 Å². The molecule has 1 aromatic heterocycles. The Hall–Kier alpha value is -4.04. The first-order chi connectivity index (χ1) is 17.7. The van der Waals surface area contributed by atoms with Crippen molar-refractivity contribution < 1.29 is 27.1 Å². The number of rotatable bonds is 5. The first-order valence-corrected chi connectivity index (χ1v) is 11.7. The van der Waals surface area contributed by atoms with Gasteiger partial charge in [0.25, 0.3) is 5.91 Å². The van der Waals surface area contributed by atoms with Gasteiger partial charge < -0.3 is 9.64 Å². The molecule has 2 fully saturated rings. The van der Waals surface area contributed by atoms with Crippen LogP contribution >= 0.6 is 12.2 Å². The van der Waals surface area contributed by atoms with Gasteiger partial charge >= 0.3 is 6.18 Å². The summed E-state index contributed by atoms with van der Waals surface area (Å²) in [6.07, 6.45) is -2.64. The molecule has 3 aromatic rings. The molecule has 5 rings (SSSR count). The number of carbonyl (C=O) groups is 1. The maximum Gasteiger partial charge on any atom is 0.421 e. The molecule has 37 heavy (non-hydrogen) atoms. The Balaban J connectivity index is 1.51. The zero-order valence-electron chi connectivity index (χ0n) is 19.1. The molecule has 188 valence electrons. The van der Waals surface area contributed by atoms with Crippen molar-refractivity contribution in [1.29, 1.82) is 5.26 Å². The van der Waals surface area contributed by atoms with Gasteiger partial charge in [0.05, 0.1) is 5.69 Å². The summed E-state index contributed by atoms with van der Waals surface area (Å²) in [7, 11) is 0. The van der Waals surface area contributed by atoms with Crippen LogP contribution in [-0.2, 0) is 17.6 Å². The van der Waals surface area contributed by atoms with E-state index >= 15 is 4.39 Å². The quantitative estimate of drug-likeness (QED) is 0.312. The number of nitrogens with zero attached hydrogens (tertiary/aromatic N) is 4. The van der Waals surface area contributed by atoms with E-state index in [0.29, 0.717) is 19.3 Å². The average Bonchev–Trinajstić information content (AvgIpc) is 3.09. The molecule has 0 bridgehead atoms. The summed E-state index contributed by atoms with van der Waals surface area (Å²) in [5, 5.41) is 9.00. The Labute approximate surface area is 214 Å². The SMILES string of the molecule is N#Cc1nccc(N2C(=O)C3(CCC3)N(c3ccc(OCc4ccccc4)c(F)c3)C2=S)c1C(F)(F)F. The van der Waals surface area contributed by atoms with Crippen molar-refractivity contribution in [3.8, 4) is 11.8 Å². The zero-order valence-corrected chi connectivity index (χ0v) is 19.9. The Morgan fingerprint density at radius 2 is 1.86 bits per heavy atom. The van der Waals surface area contributed by atoms with Gasteiger partial charge in [0.2, 0.25) is 0 Å². The smallest absolute Gasteiger partial charge is 0.421 e. The van der Waals surface area contributed by atoms with Gasteiger partial charge in [-0.3, -0.25) is 9.69 Å². The summed E-state index contributed by atoms with van der Waals surface area (Å²) < 4.78 is 62.5. The third-order valence-electron chi connectivity index (χ3n) is 6.56. The van der Waals surface area contributed by atoms with Crippen LogP contribution in [0.3, 0.4) is 0 Å². The van der Waals surface area contributed by atoms with Crippen LogP contribution < -0.4 is 14.5 Å². The second kappa shape index (κ2) is 9.12. The lowest BCUT2D eigenvalue weighted by Gasteiger charge is -2.43. The van der Waals surface area contributed by atoms with E-state index in [0.717, 1.165) is 28.8 Å². The normalized spacial score (nSPS) is 16.6. The van der Waals surface area contributed by atoms with Crippen molar-refractivity contribution in [2.45, 2.75) is 37.6 Å². The van der Waals surface area contributed by atoms with Gasteiger partial charge in [-0.25, -0.2) is 9.37 Å². The van der Waals surface area contributed by atoms with E-state index in [1.807, 2.05) is 30.3 Å². The molecule has 1 aliphatic heterocycles. The number of hydrogen-bond acceptors (Lipinski definition) is 5. The highest BCUT2D eigenvalue weighted by Crippen LogP contribution is 2.50. The topological polar surface area (TPSA) is 69.5 Å². The van der Waals surface area contributed by atoms with E-state index in [1.54, 1.807) is 0 Å². The molecule has 0 N–H and O–H groups in total. The number of pyridine rings is 1. The van der Waals surface area contributed by atoms with E-state index in [2.05, 4.69) is 4.98 Å². The van der Waals surface area contributed by atoms with Crippen molar-refractivity contribution in [2.24, 2.45) is 0 Å². The maximum absolute atomic E-state index is 15.1. The third kappa shape index (κ3) is 4.07. The molecule has 1 saturated heterocycles. The van der Waals surface area contributed by atoms with Gasteiger partial charge in [0.1, 0.15) is 23.8 Å². The number of benzene rings is 2. The van der Waals surface area contributed by atoms with Crippen LogP contribution in [0.25, 0.3) is 0 Å². The summed E-state index contributed by atoms with van der Waals surface area (Å²) >= 11 is 5.51. The monoisotopic (exact) mass is 526 g/mol. The molecule has 0 radical (unpaired) electrons. The number of aromatic nitrogens is 1. The van der Waals surface area contributed by atoms with E-state index in [9.17, 15) is 23.2 Å². The highest BCUT2D eigenvalue weighted by molar-refractivity contribution is 7.81. The van der Waals surface area contributed by atoms with Crippen LogP contribution in [0.15, 0.2) is 60.8 Å². The molecule has 1 spiro atoms. The summed E-state index contributed by atoms with van der Waals surface area (Å²) in [6, 6.07) is 15.7. The largest absolute Gasteiger partial charge is 0.486 e. The first kappa shape index (κ1) is 24.6. The summed E-state index contributed by atoms with van der Waals surface area (Å²) in [5.41, 5.74) is -2.97. The fourth-order valence-electron chi connectivity index (χ4n) is 4.68. The number of amides is 1. The molecule has 6 nitrogen and oxygen atoms in total. The van der Waals surface area contributed by atoms with Gasteiger partial charge in [-0.1, -0.05) is 30.3 Å². The number of halogens is 4. The Morgan fingerprint density at radius 3 is 2.46 bits per heavy atom. The lowest BCUT2D eigenvalue weighted by Crippen LogP contribution is -2.55. The van der Waals surface area contributed by atoms with Crippen molar-refractivity contribution >= 4 is 34.6 Å². The molecule has 2 aromatic carbocycles. The van der Waals surface area contributed by atoms with Crippen LogP contribution in [0.2, 0.25) is 0 Å². The molecule has 2 aliphatic rings. The van der Waals surface area contributed by atoms with Crippen LogP contribution in [0, 0.1) is 17.1 Å². The minimum absolute atomic E-state index is 0.0179. The first-order valence-electron chi connectivity index (χ1n) is 11.3. The van der Waals surface area contributed by atoms with Gasteiger partial charge in [0, 0.05) is 18.0 Å². The predicted molar refractivity (Wildman–Crippen MR) is 130 cm³/mol.